The molecule has 1 saturated heterocycles. The maximum Gasteiger partial charge on any atom is 0.255 e. The topological polar surface area (TPSA) is 61.4 Å². The lowest BCUT2D eigenvalue weighted by Crippen LogP contribution is -2.37. The Bertz CT molecular complexity index is 912. The summed E-state index contributed by atoms with van der Waals surface area (Å²) in [6.45, 7) is 3.87. The molecule has 5 heteroatoms. The molecule has 4 rings (SSSR count). The van der Waals surface area contributed by atoms with Crippen molar-refractivity contribution in [3.05, 3.63) is 59.2 Å². The monoisotopic (exact) mass is 405 g/mol. The first-order chi connectivity index (χ1) is 14.6. The number of amides is 2. The predicted octanol–water partition coefficient (Wildman–Crippen LogP) is 4.91. The Labute approximate surface area is 178 Å². The second-order valence-corrected chi connectivity index (χ2v) is 8.50. The highest BCUT2D eigenvalue weighted by Crippen LogP contribution is 2.29. The van der Waals surface area contributed by atoms with Gasteiger partial charge in [0.25, 0.3) is 11.8 Å². The number of hydrogen-bond donors (Lipinski definition) is 2. The maximum atomic E-state index is 13.2. The summed E-state index contributed by atoms with van der Waals surface area (Å²) >= 11 is 0. The van der Waals surface area contributed by atoms with Gasteiger partial charge in [0.1, 0.15) is 0 Å². The first kappa shape index (κ1) is 20.5. The number of hydrogen-bond acceptors (Lipinski definition) is 3. The number of nitrogens with zero attached hydrogens (tertiary/aromatic N) is 1. The third kappa shape index (κ3) is 4.66. The van der Waals surface area contributed by atoms with Gasteiger partial charge in [0.15, 0.2) is 0 Å². The van der Waals surface area contributed by atoms with Crippen LogP contribution in [-0.2, 0) is 0 Å². The summed E-state index contributed by atoms with van der Waals surface area (Å²) in [4.78, 5) is 28.2. The Kier molecular flexibility index (Phi) is 6.36. The van der Waals surface area contributed by atoms with Crippen LogP contribution >= 0.6 is 0 Å². The third-order valence-corrected chi connectivity index (χ3v) is 6.28. The van der Waals surface area contributed by atoms with Gasteiger partial charge in [-0.05, 0) is 62.4 Å². The van der Waals surface area contributed by atoms with E-state index in [0.29, 0.717) is 16.8 Å². The second-order valence-electron chi connectivity index (χ2n) is 8.50. The van der Waals surface area contributed by atoms with E-state index in [1.807, 2.05) is 49.4 Å². The molecule has 1 aliphatic carbocycles. The molecular weight excluding hydrogens is 374 g/mol. The molecule has 5 nitrogen and oxygen atoms in total. The first-order valence-electron chi connectivity index (χ1n) is 11.2. The summed E-state index contributed by atoms with van der Waals surface area (Å²) in [5.74, 6) is -0.184. The number of anilines is 2. The minimum Gasteiger partial charge on any atom is -0.371 e. The van der Waals surface area contributed by atoms with Gasteiger partial charge in [-0.1, -0.05) is 37.5 Å². The molecule has 0 unspecified atom stereocenters. The van der Waals surface area contributed by atoms with E-state index in [1.54, 1.807) is 0 Å². The van der Waals surface area contributed by atoms with Crippen LogP contribution in [0.2, 0.25) is 0 Å². The van der Waals surface area contributed by atoms with Crippen molar-refractivity contribution in [2.24, 2.45) is 0 Å². The van der Waals surface area contributed by atoms with Gasteiger partial charge >= 0.3 is 0 Å². The molecule has 0 aromatic heterocycles. The normalized spacial score (nSPS) is 17.0. The van der Waals surface area contributed by atoms with Crippen LogP contribution in [0.15, 0.2) is 42.5 Å². The smallest absolute Gasteiger partial charge is 0.255 e. The van der Waals surface area contributed by atoms with Crippen LogP contribution in [0.1, 0.15) is 71.2 Å². The van der Waals surface area contributed by atoms with Gasteiger partial charge in [0.2, 0.25) is 0 Å². The van der Waals surface area contributed by atoms with Crippen LogP contribution in [0.3, 0.4) is 0 Å². The molecule has 0 spiro atoms. The molecule has 0 atom stereocenters. The number of nitrogens with one attached hydrogen (secondary N) is 2. The van der Waals surface area contributed by atoms with Crippen molar-refractivity contribution in [3.63, 3.8) is 0 Å². The molecule has 2 aromatic carbocycles. The van der Waals surface area contributed by atoms with Crippen LogP contribution in [0, 0.1) is 6.92 Å². The van der Waals surface area contributed by atoms with E-state index in [9.17, 15) is 9.59 Å². The second kappa shape index (κ2) is 9.33. The first-order valence-corrected chi connectivity index (χ1v) is 11.2. The molecule has 0 radical (unpaired) electrons. The number of rotatable bonds is 5. The Morgan fingerprint density at radius 3 is 2.33 bits per heavy atom. The zero-order valence-corrected chi connectivity index (χ0v) is 17.7. The van der Waals surface area contributed by atoms with Gasteiger partial charge in [-0.15, -0.1) is 0 Å². The van der Waals surface area contributed by atoms with Crippen LogP contribution in [0.4, 0.5) is 11.4 Å². The van der Waals surface area contributed by atoms with Gasteiger partial charge in [0.05, 0.1) is 5.56 Å². The molecule has 0 bridgehead atoms. The fraction of sp³-hybridized carbons (Fsp3) is 0.440. The summed E-state index contributed by atoms with van der Waals surface area (Å²) in [7, 11) is 0. The highest BCUT2D eigenvalue weighted by atomic mass is 16.2. The van der Waals surface area contributed by atoms with E-state index < -0.39 is 0 Å². The van der Waals surface area contributed by atoms with Crippen molar-refractivity contribution < 1.29 is 9.59 Å². The van der Waals surface area contributed by atoms with Crippen LogP contribution in [0.5, 0.6) is 0 Å². The molecule has 2 amide bonds. The molecule has 1 saturated carbocycles. The van der Waals surface area contributed by atoms with E-state index in [1.165, 1.54) is 19.3 Å². The zero-order chi connectivity index (χ0) is 20.9. The molecule has 2 fully saturated rings. The lowest BCUT2D eigenvalue weighted by Gasteiger charge is -2.26. The van der Waals surface area contributed by atoms with E-state index in [-0.39, 0.29) is 17.9 Å². The van der Waals surface area contributed by atoms with E-state index >= 15 is 0 Å². The Morgan fingerprint density at radius 2 is 1.60 bits per heavy atom. The largest absolute Gasteiger partial charge is 0.371 e. The molecule has 2 N–H and O–H groups in total. The summed E-state index contributed by atoms with van der Waals surface area (Å²) in [5, 5.41) is 6.22. The average molecular weight is 406 g/mol. The van der Waals surface area contributed by atoms with Crippen molar-refractivity contribution in [3.8, 4) is 0 Å². The number of aryl methyl sites for hydroxylation is 1. The highest BCUT2D eigenvalue weighted by Gasteiger charge is 2.23. The Morgan fingerprint density at radius 1 is 0.867 bits per heavy atom. The van der Waals surface area contributed by atoms with Gasteiger partial charge < -0.3 is 15.5 Å². The molecule has 158 valence electrons. The van der Waals surface area contributed by atoms with Crippen LogP contribution in [-0.4, -0.2) is 30.9 Å². The molecule has 1 heterocycles. The summed E-state index contributed by atoms with van der Waals surface area (Å²) < 4.78 is 0. The molecule has 30 heavy (non-hydrogen) atoms. The molecule has 1 aliphatic heterocycles. The van der Waals surface area contributed by atoms with Crippen LogP contribution < -0.4 is 15.5 Å². The fourth-order valence-electron chi connectivity index (χ4n) is 4.57. The standard InChI is InChI=1S/C25H31N3O2/c1-18-9-5-6-12-21(18)24(29)27-20-13-14-23(28-15-7-8-16-28)22(17-20)25(30)26-19-10-3-2-4-11-19/h5-6,9,12-14,17,19H,2-4,7-8,10-11,15-16H2,1H3,(H,26,30)(H,27,29). The van der Waals surface area contributed by atoms with Crippen molar-refractivity contribution >= 4 is 23.2 Å². The lowest BCUT2D eigenvalue weighted by atomic mass is 9.95. The quantitative estimate of drug-likeness (QED) is 0.743. The Hall–Kier alpha value is -2.82. The highest BCUT2D eigenvalue weighted by molar-refractivity contribution is 6.07. The molecule has 2 aromatic rings. The lowest BCUT2D eigenvalue weighted by molar-refractivity contribution is 0.0927. The van der Waals surface area contributed by atoms with Gasteiger partial charge in [-0.25, -0.2) is 0 Å². The van der Waals surface area contributed by atoms with Crippen LogP contribution in [0.25, 0.3) is 0 Å². The molecular formula is C25H31N3O2. The van der Waals surface area contributed by atoms with Gasteiger partial charge in [-0.3, -0.25) is 9.59 Å². The number of carbonyl (C=O) groups is 2. The number of carbonyl (C=O) groups excluding carboxylic acids is 2. The zero-order valence-electron chi connectivity index (χ0n) is 17.7. The van der Waals surface area contributed by atoms with E-state index in [4.69, 9.17) is 0 Å². The minimum atomic E-state index is -0.152. The van der Waals surface area contributed by atoms with Crippen molar-refractivity contribution in [2.45, 2.75) is 57.9 Å². The maximum absolute atomic E-state index is 13.2. The van der Waals surface area contributed by atoms with Gasteiger partial charge in [0, 0.05) is 36.1 Å². The minimum absolute atomic E-state index is 0.0317. The fourth-order valence-corrected chi connectivity index (χ4v) is 4.57. The average Bonchev–Trinajstić information content (AvgIpc) is 3.29. The van der Waals surface area contributed by atoms with Crippen molar-refractivity contribution in [1.29, 1.82) is 0 Å². The van der Waals surface area contributed by atoms with Gasteiger partial charge in [-0.2, -0.15) is 0 Å². The molecule has 2 aliphatic rings. The summed E-state index contributed by atoms with van der Waals surface area (Å²) in [6, 6.07) is 13.5. The van der Waals surface area contributed by atoms with E-state index in [2.05, 4.69) is 15.5 Å². The van der Waals surface area contributed by atoms with Crippen molar-refractivity contribution in [1.82, 2.24) is 5.32 Å². The SMILES string of the molecule is Cc1ccccc1C(=O)Nc1ccc(N2CCCC2)c(C(=O)NC2CCCCC2)c1. The predicted molar refractivity (Wildman–Crippen MR) is 121 cm³/mol. The summed E-state index contributed by atoms with van der Waals surface area (Å²) in [5.41, 5.74) is 3.85. The van der Waals surface area contributed by atoms with Crippen molar-refractivity contribution in [2.75, 3.05) is 23.3 Å². The van der Waals surface area contributed by atoms with E-state index in [0.717, 1.165) is 50.0 Å². The Balaban J connectivity index is 1.57. The number of benzene rings is 2. The summed E-state index contributed by atoms with van der Waals surface area (Å²) in [6.07, 6.45) is 8.01. The third-order valence-electron chi connectivity index (χ3n) is 6.28.